The van der Waals surface area contributed by atoms with E-state index in [1.54, 1.807) is 12.1 Å². The number of hydrogen-bond acceptors (Lipinski definition) is 4. The summed E-state index contributed by atoms with van der Waals surface area (Å²) in [6.45, 7) is 6.24. The number of nitro groups is 1. The predicted molar refractivity (Wildman–Crippen MR) is 115 cm³/mol. The van der Waals surface area contributed by atoms with Crippen LogP contribution in [0, 0.1) is 10.1 Å². The van der Waals surface area contributed by atoms with Crippen molar-refractivity contribution < 1.29 is 9.72 Å². The Morgan fingerprint density at radius 1 is 1.22 bits per heavy atom. The van der Waals surface area contributed by atoms with Crippen molar-refractivity contribution in [1.29, 1.82) is 0 Å². The van der Waals surface area contributed by atoms with E-state index in [1.165, 1.54) is 18.2 Å². The van der Waals surface area contributed by atoms with Gasteiger partial charge in [0.15, 0.2) is 5.11 Å². The van der Waals surface area contributed by atoms with Crippen LogP contribution in [0.1, 0.15) is 36.7 Å². The molecule has 27 heavy (non-hydrogen) atoms. The zero-order valence-electron chi connectivity index (χ0n) is 14.8. The third-order valence-corrected chi connectivity index (χ3v) is 4.85. The molecule has 2 aromatic rings. The largest absolute Gasteiger partial charge is 0.332 e. The van der Waals surface area contributed by atoms with Gasteiger partial charge in [-0.25, -0.2) is 0 Å². The van der Waals surface area contributed by atoms with Crippen LogP contribution in [0.5, 0.6) is 0 Å². The Morgan fingerprint density at radius 3 is 2.44 bits per heavy atom. The molecule has 0 saturated heterocycles. The topological polar surface area (TPSA) is 84.3 Å². The number of carbonyl (C=O) groups is 1. The zero-order chi connectivity index (χ0) is 20.4. The minimum atomic E-state index is -0.594. The molecule has 1 amide bonds. The Balaban J connectivity index is 2.10. The molecule has 6 nitrogen and oxygen atoms in total. The lowest BCUT2D eigenvalue weighted by atomic mass is 9.86. The fourth-order valence-corrected chi connectivity index (χ4v) is 3.70. The van der Waals surface area contributed by atoms with E-state index < -0.39 is 10.8 Å². The molecule has 0 aliphatic heterocycles. The molecule has 2 rings (SSSR count). The molecule has 0 saturated carbocycles. The van der Waals surface area contributed by atoms with Crippen molar-refractivity contribution in [3.63, 3.8) is 0 Å². The van der Waals surface area contributed by atoms with Crippen molar-refractivity contribution in [2.24, 2.45) is 0 Å². The van der Waals surface area contributed by atoms with Crippen LogP contribution in [0.25, 0.3) is 0 Å². The number of thiocarbonyl (C=S) groups is 1. The number of rotatable bonds is 3. The van der Waals surface area contributed by atoms with Gasteiger partial charge >= 0.3 is 0 Å². The Morgan fingerprint density at radius 2 is 1.89 bits per heavy atom. The van der Waals surface area contributed by atoms with Gasteiger partial charge in [-0.15, -0.1) is 0 Å². The molecule has 0 heterocycles. The highest BCUT2D eigenvalue weighted by Gasteiger charge is 2.19. The van der Waals surface area contributed by atoms with Crippen LogP contribution in [-0.4, -0.2) is 15.9 Å². The summed E-state index contributed by atoms with van der Waals surface area (Å²) in [6, 6.07) is 9.49. The summed E-state index contributed by atoms with van der Waals surface area (Å²) in [5.41, 5.74) is 1.54. The third-order valence-electron chi connectivity index (χ3n) is 3.67. The molecule has 0 fully saturated rings. The van der Waals surface area contributed by atoms with Gasteiger partial charge in [-0.3, -0.25) is 20.2 Å². The Bertz CT molecular complexity index is 929. The van der Waals surface area contributed by atoms with E-state index in [0.29, 0.717) is 11.3 Å². The summed E-state index contributed by atoms with van der Waals surface area (Å²) in [7, 11) is 0. The molecule has 0 unspecified atom stereocenters. The summed E-state index contributed by atoms with van der Waals surface area (Å²) in [5, 5.41) is 16.3. The Hall–Kier alpha value is -2.03. The maximum absolute atomic E-state index is 12.4. The maximum Gasteiger partial charge on any atom is 0.289 e. The average molecular weight is 471 g/mol. The fraction of sp³-hybridized carbons (Fsp3) is 0.222. The number of benzene rings is 2. The number of nitrogens with one attached hydrogen (secondary N) is 2. The van der Waals surface area contributed by atoms with Crippen LogP contribution in [0.3, 0.4) is 0 Å². The van der Waals surface area contributed by atoms with Gasteiger partial charge in [-0.2, -0.15) is 0 Å². The number of carbonyl (C=O) groups excluding carboxylic acids is 1. The van der Waals surface area contributed by atoms with Gasteiger partial charge in [0.05, 0.1) is 4.92 Å². The minimum Gasteiger partial charge on any atom is -0.332 e. The molecule has 2 N–H and O–H groups in total. The van der Waals surface area contributed by atoms with Crippen molar-refractivity contribution >= 4 is 62.1 Å². The van der Waals surface area contributed by atoms with Gasteiger partial charge in [-0.1, -0.05) is 54.4 Å². The van der Waals surface area contributed by atoms with E-state index in [2.05, 4.69) is 47.3 Å². The molecule has 0 aliphatic carbocycles. The number of amides is 1. The fourth-order valence-electron chi connectivity index (χ4n) is 2.33. The summed E-state index contributed by atoms with van der Waals surface area (Å²) in [5.74, 6) is -0.392. The van der Waals surface area contributed by atoms with Crippen LogP contribution in [0.4, 0.5) is 11.4 Å². The number of nitrogens with zero attached hydrogens (tertiary/aromatic N) is 1. The normalized spacial score (nSPS) is 11.0. The van der Waals surface area contributed by atoms with E-state index in [1.807, 2.05) is 6.07 Å². The van der Waals surface area contributed by atoms with Crippen LogP contribution in [0.15, 0.2) is 40.9 Å². The lowest BCUT2D eigenvalue weighted by Crippen LogP contribution is -2.34. The quantitative estimate of drug-likeness (QED) is 0.355. The first-order valence-corrected chi connectivity index (χ1v) is 9.43. The number of anilines is 1. The molecule has 0 aliphatic rings. The monoisotopic (exact) mass is 469 g/mol. The smallest absolute Gasteiger partial charge is 0.289 e. The number of hydrogen-bond donors (Lipinski definition) is 2. The molecule has 2 aromatic carbocycles. The lowest BCUT2D eigenvalue weighted by molar-refractivity contribution is -0.384. The highest BCUT2D eigenvalue weighted by atomic mass is 79.9. The second-order valence-electron chi connectivity index (χ2n) is 6.78. The van der Waals surface area contributed by atoms with Gasteiger partial charge in [0.25, 0.3) is 11.6 Å². The number of nitro benzene ring substituents is 1. The molecule has 0 radical (unpaired) electrons. The van der Waals surface area contributed by atoms with E-state index in [-0.39, 0.29) is 21.2 Å². The first-order valence-electron chi connectivity index (χ1n) is 7.85. The van der Waals surface area contributed by atoms with Gasteiger partial charge in [0, 0.05) is 21.8 Å². The SMILES string of the molecule is CC(C)(C)c1ccc(C(=O)NC(=S)Nc2ccc(Cl)c([N+](=O)[O-])c2)cc1Br. The lowest BCUT2D eigenvalue weighted by Gasteiger charge is -2.21. The van der Waals surface area contributed by atoms with Crippen molar-refractivity contribution in [1.82, 2.24) is 5.32 Å². The van der Waals surface area contributed by atoms with E-state index >= 15 is 0 Å². The first-order chi connectivity index (χ1) is 12.5. The first kappa shape index (κ1) is 21.3. The van der Waals surface area contributed by atoms with Crippen LogP contribution in [0.2, 0.25) is 5.02 Å². The molecular formula is C18H17BrClN3O3S. The predicted octanol–water partition coefficient (Wildman–Crippen LogP) is 5.44. The molecule has 9 heteroatoms. The van der Waals surface area contributed by atoms with E-state index in [4.69, 9.17) is 23.8 Å². The molecule has 0 spiro atoms. The second kappa shape index (κ2) is 8.33. The summed E-state index contributed by atoms with van der Waals surface area (Å²) in [4.78, 5) is 22.7. The van der Waals surface area contributed by atoms with Crippen molar-refractivity contribution in [3.8, 4) is 0 Å². The minimum absolute atomic E-state index is 0.0179. The Labute approximate surface area is 175 Å². The molecule has 0 aromatic heterocycles. The summed E-state index contributed by atoms with van der Waals surface area (Å²) < 4.78 is 0.829. The van der Waals surface area contributed by atoms with Crippen molar-refractivity contribution in [3.05, 3.63) is 67.1 Å². The van der Waals surface area contributed by atoms with Crippen LogP contribution >= 0.6 is 39.7 Å². The van der Waals surface area contributed by atoms with Crippen LogP contribution < -0.4 is 10.6 Å². The molecule has 0 bridgehead atoms. The van der Waals surface area contributed by atoms with E-state index in [0.717, 1.165) is 10.0 Å². The Kier molecular flexibility index (Phi) is 6.56. The van der Waals surface area contributed by atoms with Crippen LogP contribution in [-0.2, 0) is 5.41 Å². The van der Waals surface area contributed by atoms with Gasteiger partial charge in [0.1, 0.15) is 5.02 Å². The molecule has 0 atom stereocenters. The van der Waals surface area contributed by atoms with Crippen molar-refractivity contribution in [2.45, 2.75) is 26.2 Å². The molecule has 142 valence electrons. The van der Waals surface area contributed by atoms with Gasteiger partial charge < -0.3 is 5.32 Å². The van der Waals surface area contributed by atoms with Gasteiger partial charge in [0.2, 0.25) is 0 Å². The zero-order valence-corrected chi connectivity index (χ0v) is 18.0. The highest BCUT2D eigenvalue weighted by Crippen LogP contribution is 2.30. The summed E-state index contributed by atoms with van der Waals surface area (Å²) in [6.07, 6.45) is 0. The second-order valence-corrected chi connectivity index (χ2v) is 8.45. The average Bonchev–Trinajstić information content (AvgIpc) is 2.54. The standard InChI is InChI=1S/C18H17BrClN3O3S/c1-18(2,3)12-6-4-10(8-13(12)19)16(24)22-17(27)21-11-5-7-14(20)15(9-11)23(25)26/h4-9H,1-3H3,(H2,21,22,24,27). The third kappa shape index (κ3) is 5.47. The van der Waals surface area contributed by atoms with Gasteiger partial charge in [-0.05, 0) is 47.5 Å². The summed E-state index contributed by atoms with van der Waals surface area (Å²) >= 11 is 14.4. The maximum atomic E-state index is 12.4. The van der Waals surface area contributed by atoms with E-state index in [9.17, 15) is 14.9 Å². The highest BCUT2D eigenvalue weighted by molar-refractivity contribution is 9.10. The van der Waals surface area contributed by atoms with Crippen molar-refractivity contribution in [2.75, 3.05) is 5.32 Å². The molecular weight excluding hydrogens is 454 g/mol. The number of halogens is 2.